The summed E-state index contributed by atoms with van der Waals surface area (Å²) < 4.78 is 0.827. The molecule has 0 unspecified atom stereocenters. The molecular formula is C15H14BrNO. The van der Waals surface area contributed by atoms with Crippen LogP contribution >= 0.6 is 15.9 Å². The van der Waals surface area contributed by atoms with Crippen molar-refractivity contribution in [3.05, 3.63) is 63.4 Å². The maximum absolute atomic E-state index is 12.1. The third-order valence-electron chi connectivity index (χ3n) is 2.96. The molecule has 0 saturated carbocycles. The van der Waals surface area contributed by atoms with Crippen molar-refractivity contribution in [3.8, 4) is 0 Å². The molecule has 2 nitrogen and oxygen atoms in total. The second kappa shape index (κ2) is 5.44. The van der Waals surface area contributed by atoms with Gasteiger partial charge < -0.3 is 0 Å². The fourth-order valence-corrected chi connectivity index (χ4v) is 2.13. The summed E-state index contributed by atoms with van der Waals surface area (Å²) in [6.07, 6.45) is 3.69. The van der Waals surface area contributed by atoms with Crippen LogP contribution in [-0.4, -0.2) is 10.8 Å². The van der Waals surface area contributed by atoms with Gasteiger partial charge in [-0.2, -0.15) is 0 Å². The standard InChI is InChI=1S/C15H14BrNO/c1-10-3-4-12(5-11(10)2)6-15(18)13-7-14(16)9-17-8-13/h3-5,7-9H,6H2,1-2H3. The van der Waals surface area contributed by atoms with Crippen LogP contribution in [0, 0.1) is 13.8 Å². The van der Waals surface area contributed by atoms with Gasteiger partial charge in [-0.15, -0.1) is 0 Å². The molecule has 0 spiro atoms. The first-order valence-electron chi connectivity index (χ1n) is 5.76. The molecule has 0 N–H and O–H groups in total. The Bertz CT molecular complexity index is 593. The van der Waals surface area contributed by atoms with E-state index in [0.29, 0.717) is 12.0 Å². The van der Waals surface area contributed by atoms with Gasteiger partial charge in [0.15, 0.2) is 5.78 Å². The Labute approximate surface area is 115 Å². The smallest absolute Gasteiger partial charge is 0.168 e. The number of rotatable bonds is 3. The molecule has 92 valence electrons. The molecule has 1 heterocycles. The van der Waals surface area contributed by atoms with E-state index in [-0.39, 0.29) is 5.78 Å². The minimum atomic E-state index is 0.0899. The van der Waals surface area contributed by atoms with Crippen LogP contribution in [0.1, 0.15) is 27.0 Å². The van der Waals surface area contributed by atoms with Gasteiger partial charge in [0, 0.05) is 28.9 Å². The lowest BCUT2D eigenvalue weighted by Crippen LogP contribution is -2.04. The number of Topliss-reactive ketones (excluding diaryl/α,β-unsaturated/α-hetero) is 1. The minimum Gasteiger partial charge on any atom is -0.294 e. The van der Waals surface area contributed by atoms with Gasteiger partial charge in [-0.1, -0.05) is 18.2 Å². The molecule has 1 aromatic carbocycles. The number of aryl methyl sites for hydroxylation is 2. The van der Waals surface area contributed by atoms with Gasteiger partial charge in [0.2, 0.25) is 0 Å². The number of carbonyl (C=O) groups excluding carboxylic acids is 1. The highest BCUT2D eigenvalue weighted by molar-refractivity contribution is 9.10. The summed E-state index contributed by atoms with van der Waals surface area (Å²) in [5.41, 5.74) is 4.15. The molecule has 0 aliphatic carbocycles. The van der Waals surface area contributed by atoms with E-state index in [0.717, 1.165) is 10.0 Å². The van der Waals surface area contributed by atoms with Crippen LogP contribution in [-0.2, 0) is 6.42 Å². The first-order valence-corrected chi connectivity index (χ1v) is 6.55. The quantitative estimate of drug-likeness (QED) is 0.805. The van der Waals surface area contributed by atoms with Crippen molar-refractivity contribution >= 4 is 21.7 Å². The SMILES string of the molecule is Cc1ccc(CC(=O)c2cncc(Br)c2)cc1C. The normalized spacial score (nSPS) is 10.4. The van der Waals surface area contributed by atoms with E-state index in [1.54, 1.807) is 18.5 Å². The van der Waals surface area contributed by atoms with E-state index in [1.165, 1.54) is 11.1 Å². The number of pyridine rings is 1. The van der Waals surface area contributed by atoms with Crippen LogP contribution in [0.2, 0.25) is 0 Å². The summed E-state index contributed by atoms with van der Waals surface area (Å²) in [5, 5.41) is 0. The van der Waals surface area contributed by atoms with Gasteiger partial charge in [0.1, 0.15) is 0 Å². The van der Waals surface area contributed by atoms with E-state index in [1.807, 2.05) is 6.07 Å². The number of ketones is 1. The summed E-state index contributed by atoms with van der Waals surface area (Å²) in [6.45, 7) is 4.13. The van der Waals surface area contributed by atoms with Crippen molar-refractivity contribution in [2.75, 3.05) is 0 Å². The van der Waals surface area contributed by atoms with Crippen LogP contribution < -0.4 is 0 Å². The maximum Gasteiger partial charge on any atom is 0.168 e. The molecule has 0 aliphatic rings. The van der Waals surface area contributed by atoms with Gasteiger partial charge >= 0.3 is 0 Å². The maximum atomic E-state index is 12.1. The van der Waals surface area contributed by atoms with E-state index >= 15 is 0 Å². The summed E-state index contributed by atoms with van der Waals surface area (Å²) >= 11 is 3.32. The fourth-order valence-electron chi connectivity index (χ4n) is 1.77. The highest BCUT2D eigenvalue weighted by atomic mass is 79.9. The molecule has 3 heteroatoms. The lowest BCUT2D eigenvalue weighted by atomic mass is 10.0. The average molecular weight is 304 g/mol. The Morgan fingerprint density at radius 2 is 1.94 bits per heavy atom. The molecule has 0 radical (unpaired) electrons. The Morgan fingerprint density at radius 1 is 1.17 bits per heavy atom. The van der Waals surface area contributed by atoms with Crippen LogP contribution in [0.3, 0.4) is 0 Å². The van der Waals surface area contributed by atoms with Gasteiger partial charge in [-0.05, 0) is 52.5 Å². The van der Waals surface area contributed by atoms with Gasteiger partial charge in [-0.25, -0.2) is 0 Å². The predicted octanol–water partition coefficient (Wildman–Crippen LogP) is 3.89. The zero-order valence-corrected chi connectivity index (χ0v) is 12.0. The van der Waals surface area contributed by atoms with E-state index in [2.05, 4.69) is 46.9 Å². The third-order valence-corrected chi connectivity index (χ3v) is 3.40. The van der Waals surface area contributed by atoms with Crippen molar-refractivity contribution in [2.24, 2.45) is 0 Å². The molecule has 0 fully saturated rings. The van der Waals surface area contributed by atoms with Crippen molar-refractivity contribution < 1.29 is 4.79 Å². The molecule has 0 atom stereocenters. The molecule has 0 aliphatic heterocycles. The van der Waals surface area contributed by atoms with E-state index in [4.69, 9.17) is 0 Å². The number of aromatic nitrogens is 1. The Kier molecular flexibility index (Phi) is 3.92. The first kappa shape index (κ1) is 13.0. The lowest BCUT2D eigenvalue weighted by Gasteiger charge is -2.05. The largest absolute Gasteiger partial charge is 0.294 e. The van der Waals surface area contributed by atoms with Gasteiger partial charge in [0.25, 0.3) is 0 Å². The molecule has 0 saturated heterocycles. The molecule has 0 amide bonds. The third kappa shape index (κ3) is 3.05. The summed E-state index contributed by atoms with van der Waals surface area (Å²) in [7, 11) is 0. The summed E-state index contributed by atoms with van der Waals surface area (Å²) in [5.74, 6) is 0.0899. The minimum absolute atomic E-state index is 0.0899. The average Bonchev–Trinajstić information content (AvgIpc) is 2.34. The molecule has 0 bridgehead atoms. The van der Waals surface area contributed by atoms with E-state index in [9.17, 15) is 4.79 Å². The van der Waals surface area contributed by atoms with Crippen LogP contribution in [0.15, 0.2) is 41.1 Å². The number of hydrogen-bond acceptors (Lipinski definition) is 2. The fraction of sp³-hybridized carbons (Fsp3) is 0.200. The van der Waals surface area contributed by atoms with Crippen molar-refractivity contribution in [3.63, 3.8) is 0 Å². The highest BCUT2D eigenvalue weighted by Crippen LogP contribution is 2.14. The molecule has 2 aromatic rings. The van der Waals surface area contributed by atoms with Crippen LogP contribution in [0.5, 0.6) is 0 Å². The number of hydrogen-bond donors (Lipinski definition) is 0. The molecule has 18 heavy (non-hydrogen) atoms. The second-order valence-corrected chi connectivity index (χ2v) is 5.33. The summed E-state index contributed by atoms with van der Waals surface area (Å²) in [4.78, 5) is 16.1. The van der Waals surface area contributed by atoms with Crippen LogP contribution in [0.25, 0.3) is 0 Å². The predicted molar refractivity (Wildman–Crippen MR) is 75.9 cm³/mol. The lowest BCUT2D eigenvalue weighted by molar-refractivity contribution is 0.0992. The number of carbonyl (C=O) groups is 1. The molecule has 2 rings (SSSR count). The Hall–Kier alpha value is -1.48. The zero-order chi connectivity index (χ0) is 13.1. The number of halogens is 1. The van der Waals surface area contributed by atoms with Gasteiger partial charge in [0.05, 0.1) is 0 Å². The van der Waals surface area contributed by atoms with Gasteiger partial charge in [-0.3, -0.25) is 9.78 Å². The van der Waals surface area contributed by atoms with Crippen LogP contribution in [0.4, 0.5) is 0 Å². The molecule has 1 aromatic heterocycles. The van der Waals surface area contributed by atoms with Crippen molar-refractivity contribution in [1.29, 1.82) is 0 Å². The van der Waals surface area contributed by atoms with E-state index < -0.39 is 0 Å². The topological polar surface area (TPSA) is 30.0 Å². The monoisotopic (exact) mass is 303 g/mol. The summed E-state index contributed by atoms with van der Waals surface area (Å²) in [6, 6.07) is 7.93. The second-order valence-electron chi connectivity index (χ2n) is 4.41. The Balaban J connectivity index is 2.18. The van der Waals surface area contributed by atoms with Crippen molar-refractivity contribution in [1.82, 2.24) is 4.98 Å². The zero-order valence-electron chi connectivity index (χ0n) is 10.4. The Morgan fingerprint density at radius 3 is 2.61 bits per heavy atom. The number of nitrogens with zero attached hydrogens (tertiary/aromatic N) is 1. The van der Waals surface area contributed by atoms with Crippen molar-refractivity contribution in [2.45, 2.75) is 20.3 Å². The highest BCUT2D eigenvalue weighted by Gasteiger charge is 2.08. The molecular weight excluding hydrogens is 290 g/mol. The first-order chi connectivity index (χ1) is 8.56. The number of benzene rings is 1.